The van der Waals surface area contributed by atoms with E-state index in [4.69, 9.17) is 31.3 Å². The van der Waals surface area contributed by atoms with Crippen molar-refractivity contribution in [1.82, 2.24) is 10.1 Å². The predicted molar refractivity (Wildman–Crippen MR) is 78.4 cm³/mol. The molecule has 1 fully saturated rings. The second kappa shape index (κ2) is 5.91. The van der Waals surface area contributed by atoms with E-state index in [-0.39, 0.29) is 6.10 Å². The van der Waals surface area contributed by atoms with Gasteiger partial charge >= 0.3 is 0 Å². The molecule has 1 aliphatic heterocycles. The van der Waals surface area contributed by atoms with Gasteiger partial charge in [-0.05, 0) is 18.9 Å². The molecule has 6 nitrogen and oxygen atoms in total. The van der Waals surface area contributed by atoms with E-state index in [0.717, 1.165) is 19.4 Å². The van der Waals surface area contributed by atoms with Gasteiger partial charge < -0.3 is 19.7 Å². The maximum atomic E-state index is 6.05. The molecule has 0 spiro atoms. The van der Waals surface area contributed by atoms with Gasteiger partial charge in [-0.25, -0.2) is 0 Å². The van der Waals surface area contributed by atoms with Gasteiger partial charge in [0, 0.05) is 19.1 Å². The summed E-state index contributed by atoms with van der Waals surface area (Å²) in [5.41, 5.74) is 6.83. The van der Waals surface area contributed by atoms with Gasteiger partial charge in [-0.15, -0.1) is 0 Å². The molecule has 0 amide bonds. The normalized spacial score (nSPS) is 18.1. The maximum absolute atomic E-state index is 6.05. The van der Waals surface area contributed by atoms with Crippen molar-refractivity contribution in [2.24, 2.45) is 0 Å². The van der Waals surface area contributed by atoms with Crippen LogP contribution < -0.4 is 10.5 Å². The number of hydrogen-bond acceptors (Lipinski definition) is 6. The number of hydrogen-bond donors (Lipinski definition) is 1. The number of nitrogens with zero attached hydrogens (tertiary/aromatic N) is 2. The molecule has 7 heteroatoms. The van der Waals surface area contributed by atoms with E-state index in [1.165, 1.54) is 0 Å². The average molecular weight is 310 g/mol. The maximum Gasteiger partial charge on any atom is 0.261 e. The molecule has 0 radical (unpaired) electrons. The van der Waals surface area contributed by atoms with Crippen LogP contribution >= 0.6 is 11.6 Å². The Morgan fingerprint density at radius 3 is 3.05 bits per heavy atom. The second-order valence-electron chi connectivity index (χ2n) is 4.93. The van der Waals surface area contributed by atoms with Crippen molar-refractivity contribution in [3.8, 4) is 17.2 Å². The molecule has 0 aliphatic carbocycles. The molecule has 3 rings (SSSR count). The molecule has 2 N–H and O–H groups in total. The van der Waals surface area contributed by atoms with Crippen LogP contribution in [0, 0.1) is 0 Å². The average Bonchev–Trinajstić information content (AvgIpc) is 3.13. The Morgan fingerprint density at radius 1 is 1.48 bits per heavy atom. The first-order valence-electron chi connectivity index (χ1n) is 6.75. The summed E-state index contributed by atoms with van der Waals surface area (Å²) in [6, 6.07) is 3.31. The molecule has 1 saturated heterocycles. The summed E-state index contributed by atoms with van der Waals surface area (Å²) in [6.07, 6.45) is 2.93. The summed E-state index contributed by atoms with van der Waals surface area (Å²) in [5.74, 6) is 1.53. The van der Waals surface area contributed by atoms with Crippen molar-refractivity contribution in [3.63, 3.8) is 0 Å². The SMILES string of the molecule is COc1cc(N)c(Cl)cc1-c1nc(CC2CCCO2)no1. The van der Waals surface area contributed by atoms with Crippen LogP contribution in [0.15, 0.2) is 16.7 Å². The zero-order valence-corrected chi connectivity index (χ0v) is 12.4. The zero-order chi connectivity index (χ0) is 14.8. The highest BCUT2D eigenvalue weighted by Gasteiger charge is 2.21. The Kier molecular flexibility index (Phi) is 3.98. The number of benzene rings is 1. The minimum Gasteiger partial charge on any atom is -0.496 e. The van der Waals surface area contributed by atoms with Gasteiger partial charge in [0.2, 0.25) is 0 Å². The number of methoxy groups -OCH3 is 1. The largest absolute Gasteiger partial charge is 0.496 e. The van der Waals surface area contributed by atoms with Crippen molar-refractivity contribution in [1.29, 1.82) is 0 Å². The van der Waals surface area contributed by atoms with Crippen LogP contribution in [-0.4, -0.2) is 30.0 Å². The number of nitrogens with two attached hydrogens (primary N) is 1. The fraction of sp³-hybridized carbons (Fsp3) is 0.429. The van der Waals surface area contributed by atoms with Crippen LogP contribution in [0.5, 0.6) is 5.75 Å². The first kappa shape index (κ1) is 14.2. The number of ether oxygens (including phenoxy) is 2. The first-order valence-corrected chi connectivity index (χ1v) is 7.12. The van der Waals surface area contributed by atoms with Crippen molar-refractivity contribution in [3.05, 3.63) is 23.0 Å². The van der Waals surface area contributed by atoms with Gasteiger partial charge in [-0.3, -0.25) is 0 Å². The third kappa shape index (κ3) is 2.96. The Labute approximate surface area is 127 Å². The zero-order valence-electron chi connectivity index (χ0n) is 11.6. The molecule has 1 unspecified atom stereocenters. The third-order valence-electron chi connectivity index (χ3n) is 3.45. The fourth-order valence-electron chi connectivity index (χ4n) is 2.36. The Bertz CT molecular complexity index is 638. The predicted octanol–water partition coefficient (Wildman–Crippen LogP) is 2.70. The van der Waals surface area contributed by atoms with E-state index >= 15 is 0 Å². The van der Waals surface area contributed by atoms with Crippen molar-refractivity contribution >= 4 is 17.3 Å². The fourth-order valence-corrected chi connectivity index (χ4v) is 2.52. The lowest BCUT2D eigenvalue weighted by Gasteiger charge is -2.07. The molecule has 1 aromatic carbocycles. The van der Waals surface area contributed by atoms with Crippen molar-refractivity contribution < 1.29 is 14.0 Å². The summed E-state index contributed by atoms with van der Waals surface area (Å²) < 4.78 is 16.2. The Balaban J connectivity index is 1.86. The highest BCUT2D eigenvalue weighted by atomic mass is 35.5. The van der Waals surface area contributed by atoms with Crippen molar-refractivity contribution in [2.45, 2.75) is 25.4 Å². The van der Waals surface area contributed by atoms with Crippen LogP contribution in [0.2, 0.25) is 5.02 Å². The highest BCUT2D eigenvalue weighted by molar-refractivity contribution is 6.33. The van der Waals surface area contributed by atoms with Crippen LogP contribution in [0.1, 0.15) is 18.7 Å². The molecule has 1 aromatic heterocycles. The standard InChI is InChI=1S/C14H16ClN3O3/c1-19-12-7-11(16)10(15)6-9(12)14-17-13(18-21-14)5-8-3-2-4-20-8/h6-8H,2-5,16H2,1H3. The van der Waals surface area contributed by atoms with Gasteiger partial charge in [-0.2, -0.15) is 4.98 Å². The Morgan fingerprint density at radius 2 is 2.33 bits per heavy atom. The third-order valence-corrected chi connectivity index (χ3v) is 3.78. The summed E-state index contributed by atoms with van der Waals surface area (Å²) in [5, 5.41) is 4.41. The molecular formula is C14H16ClN3O3. The van der Waals surface area contributed by atoms with Crippen LogP contribution in [0.4, 0.5) is 5.69 Å². The van der Waals surface area contributed by atoms with E-state index in [1.54, 1.807) is 19.2 Å². The van der Waals surface area contributed by atoms with Gasteiger partial charge in [0.1, 0.15) is 5.75 Å². The summed E-state index contributed by atoms with van der Waals surface area (Å²) in [4.78, 5) is 4.39. The van der Waals surface area contributed by atoms with E-state index < -0.39 is 0 Å². The topological polar surface area (TPSA) is 83.4 Å². The van der Waals surface area contributed by atoms with E-state index in [2.05, 4.69) is 10.1 Å². The first-order chi connectivity index (χ1) is 10.2. The summed E-state index contributed by atoms with van der Waals surface area (Å²) in [7, 11) is 1.55. The quantitative estimate of drug-likeness (QED) is 0.874. The van der Waals surface area contributed by atoms with E-state index in [0.29, 0.717) is 40.2 Å². The van der Waals surface area contributed by atoms with Crippen molar-refractivity contribution in [2.75, 3.05) is 19.5 Å². The summed E-state index contributed by atoms with van der Waals surface area (Å²) >= 11 is 6.05. The second-order valence-corrected chi connectivity index (χ2v) is 5.34. The lowest BCUT2D eigenvalue weighted by molar-refractivity contribution is 0.109. The van der Waals surface area contributed by atoms with Gasteiger partial charge in [0.05, 0.1) is 29.5 Å². The number of aromatic nitrogens is 2. The molecular weight excluding hydrogens is 294 g/mol. The van der Waals surface area contributed by atoms with Gasteiger partial charge in [0.25, 0.3) is 5.89 Å². The molecule has 1 atom stereocenters. The van der Waals surface area contributed by atoms with Crippen LogP contribution in [0.3, 0.4) is 0 Å². The minimum absolute atomic E-state index is 0.173. The smallest absolute Gasteiger partial charge is 0.261 e. The molecule has 0 saturated carbocycles. The summed E-state index contributed by atoms with van der Waals surface area (Å²) in [6.45, 7) is 0.802. The molecule has 112 valence electrons. The number of nitrogen functional groups attached to an aromatic ring is 1. The lowest BCUT2D eigenvalue weighted by Crippen LogP contribution is -2.09. The number of anilines is 1. The Hall–Kier alpha value is -1.79. The van der Waals surface area contributed by atoms with E-state index in [9.17, 15) is 0 Å². The molecule has 0 bridgehead atoms. The van der Waals surface area contributed by atoms with E-state index in [1.807, 2.05) is 0 Å². The van der Waals surface area contributed by atoms with Crippen LogP contribution in [-0.2, 0) is 11.2 Å². The highest BCUT2D eigenvalue weighted by Crippen LogP contribution is 2.35. The molecule has 2 heterocycles. The monoisotopic (exact) mass is 309 g/mol. The van der Waals surface area contributed by atoms with Crippen LogP contribution in [0.25, 0.3) is 11.5 Å². The molecule has 1 aliphatic rings. The molecule has 21 heavy (non-hydrogen) atoms. The van der Waals surface area contributed by atoms with Gasteiger partial charge in [-0.1, -0.05) is 16.8 Å². The lowest BCUT2D eigenvalue weighted by atomic mass is 10.1. The minimum atomic E-state index is 0.173. The molecule has 2 aromatic rings. The number of halogens is 1. The van der Waals surface area contributed by atoms with Gasteiger partial charge in [0.15, 0.2) is 5.82 Å². The number of rotatable bonds is 4.